The van der Waals surface area contributed by atoms with Crippen molar-refractivity contribution < 1.29 is 14.7 Å². The molecule has 1 fully saturated rings. The highest BCUT2D eigenvalue weighted by molar-refractivity contribution is 5.73. The molecule has 1 atom stereocenters. The molecule has 0 aromatic rings. The summed E-state index contributed by atoms with van der Waals surface area (Å²) in [4.78, 5) is 23.4. The molecule has 0 spiro atoms. The molecule has 5 nitrogen and oxygen atoms in total. The summed E-state index contributed by atoms with van der Waals surface area (Å²) >= 11 is 0. The van der Waals surface area contributed by atoms with Crippen molar-refractivity contribution in [1.82, 2.24) is 4.90 Å². The van der Waals surface area contributed by atoms with Gasteiger partial charge >= 0.3 is 5.97 Å². The fourth-order valence-corrected chi connectivity index (χ4v) is 2.10. The monoisotopic (exact) mass is 224 g/mol. The Morgan fingerprint density at radius 3 is 2.75 bits per heavy atom. The predicted molar refractivity (Wildman–Crippen MR) is 56.4 cm³/mol. The fraction of sp³-hybridized carbons (Fsp3) is 0.727. The summed E-state index contributed by atoms with van der Waals surface area (Å²) in [6.45, 7) is 2.52. The van der Waals surface area contributed by atoms with Gasteiger partial charge in [-0.2, -0.15) is 5.26 Å². The normalized spacial score (nSPS) is 24.9. The van der Waals surface area contributed by atoms with E-state index >= 15 is 0 Å². The van der Waals surface area contributed by atoms with Crippen LogP contribution in [0.15, 0.2) is 0 Å². The number of carboxylic acid groups (broad SMARTS) is 1. The molecular weight excluding hydrogens is 208 g/mol. The average Bonchev–Trinajstić information content (AvgIpc) is 2.26. The SMILES string of the molecule is CC(=O)N1CCCC(C#N)(CCC(=O)O)C1. The molecule has 0 aromatic heterocycles. The van der Waals surface area contributed by atoms with Gasteiger partial charge < -0.3 is 10.0 Å². The second-order valence-electron chi connectivity index (χ2n) is 4.33. The molecular formula is C11H16N2O3. The lowest BCUT2D eigenvalue weighted by atomic mass is 9.77. The van der Waals surface area contributed by atoms with Crippen molar-refractivity contribution in [1.29, 1.82) is 5.26 Å². The summed E-state index contributed by atoms with van der Waals surface area (Å²) in [7, 11) is 0. The van der Waals surface area contributed by atoms with Gasteiger partial charge in [0.15, 0.2) is 0 Å². The number of amides is 1. The lowest BCUT2D eigenvalue weighted by Gasteiger charge is -2.37. The number of aliphatic carboxylic acids is 1. The number of carbonyl (C=O) groups is 2. The molecule has 5 heteroatoms. The van der Waals surface area contributed by atoms with E-state index in [4.69, 9.17) is 5.11 Å². The van der Waals surface area contributed by atoms with E-state index in [0.29, 0.717) is 25.9 Å². The number of carboxylic acids is 1. The first-order valence-corrected chi connectivity index (χ1v) is 5.38. The zero-order valence-corrected chi connectivity index (χ0v) is 9.40. The van der Waals surface area contributed by atoms with Gasteiger partial charge in [0.25, 0.3) is 0 Å². The van der Waals surface area contributed by atoms with Crippen LogP contribution in [0.5, 0.6) is 0 Å². The highest BCUT2D eigenvalue weighted by Crippen LogP contribution is 2.33. The number of hydrogen-bond acceptors (Lipinski definition) is 3. The van der Waals surface area contributed by atoms with Crippen LogP contribution in [-0.2, 0) is 9.59 Å². The van der Waals surface area contributed by atoms with Crippen LogP contribution in [-0.4, -0.2) is 35.0 Å². The molecule has 1 aliphatic rings. The van der Waals surface area contributed by atoms with E-state index in [2.05, 4.69) is 6.07 Å². The van der Waals surface area contributed by atoms with E-state index in [0.717, 1.165) is 6.42 Å². The Kier molecular flexibility index (Phi) is 3.88. The summed E-state index contributed by atoms with van der Waals surface area (Å²) < 4.78 is 0. The first-order chi connectivity index (χ1) is 7.49. The van der Waals surface area contributed by atoms with Crippen LogP contribution in [0.4, 0.5) is 0 Å². The molecule has 1 unspecified atom stereocenters. The van der Waals surface area contributed by atoms with Gasteiger partial charge in [-0.25, -0.2) is 0 Å². The van der Waals surface area contributed by atoms with E-state index in [1.165, 1.54) is 6.92 Å². The van der Waals surface area contributed by atoms with Crippen LogP contribution in [0, 0.1) is 16.7 Å². The van der Waals surface area contributed by atoms with Crippen molar-refractivity contribution >= 4 is 11.9 Å². The van der Waals surface area contributed by atoms with Crippen LogP contribution in [0.3, 0.4) is 0 Å². The maximum absolute atomic E-state index is 11.2. The minimum absolute atomic E-state index is 0.0146. The Morgan fingerprint density at radius 2 is 2.25 bits per heavy atom. The van der Waals surface area contributed by atoms with Crippen LogP contribution >= 0.6 is 0 Å². The first kappa shape index (κ1) is 12.5. The smallest absolute Gasteiger partial charge is 0.303 e. The van der Waals surface area contributed by atoms with Crippen molar-refractivity contribution in [3.63, 3.8) is 0 Å². The van der Waals surface area contributed by atoms with Crippen LogP contribution < -0.4 is 0 Å². The molecule has 1 amide bonds. The maximum Gasteiger partial charge on any atom is 0.303 e. The first-order valence-electron chi connectivity index (χ1n) is 5.38. The van der Waals surface area contributed by atoms with Crippen molar-refractivity contribution in [2.75, 3.05) is 13.1 Å². The standard InChI is InChI=1S/C11H16N2O3/c1-9(14)13-6-2-4-11(7-12,8-13)5-3-10(15)16/h2-6,8H2,1H3,(H,15,16). The van der Waals surface area contributed by atoms with Gasteiger partial charge in [-0.05, 0) is 19.3 Å². The van der Waals surface area contributed by atoms with E-state index < -0.39 is 11.4 Å². The number of nitrogens with zero attached hydrogens (tertiary/aromatic N) is 2. The summed E-state index contributed by atoms with van der Waals surface area (Å²) in [6.07, 6.45) is 1.76. The summed E-state index contributed by atoms with van der Waals surface area (Å²) in [6, 6.07) is 2.20. The largest absolute Gasteiger partial charge is 0.481 e. The van der Waals surface area contributed by atoms with Crippen LogP contribution in [0.2, 0.25) is 0 Å². The van der Waals surface area contributed by atoms with E-state index in [1.807, 2.05) is 0 Å². The molecule has 0 bridgehead atoms. The summed E-state index contributed by atoms with van der Waals surface area (Å²) in [5, 5.41) is 17.8. The molecule has 1 saturated heterocycles. The quantitative estimate of drug-likeness (QED) is 0.775. The third-order valence-corrected chi connectivity index (χ3v) is 3.08. The molecule has 0 radical (unpaired) electrons. The van der Waals surface area contributed by atoms with Gasteiger partial charge in [-0.15, -0.1) is 0 Å². The zero-order chi connectivity index (χ0) is 12.2. The van der Waals surface area contributed by atoms with Crippen molar-refractivity contribution in [3.05, 3.63) is 0 Å². The van der Waals surface area contributed by atoms with E-state index in [1.54, 1.807) is 4.90 Å². The molecule has 1 aliphatic heterocycles. The van der Waals surface area contributed by atoms with Crippen LogP contribution in [0.25, 0.3) is 0 Å². The lowest BCUT2D eigenvalue weighted by Crippen LogP contribution is -2.44. The minimum Gasteiger partial charge on any atom is -0.481 e. The number of likely N-dealkylation sites (tertiary alicyclic amines) is 1. The van der Waals surface area contributed by atoms with Crippen molar-refractivity contribution in [2.45, 2.75) is 32.6 Å². The average molecular weight is 224 g/mol. The Hall–Kier alpha value is -1.57. The molecule has 1 heterocycles. The van der Waals surface area contributed by atoms with Gasteiger partial charge in [0.2, 0.25) is 5.91 Å². The predicted octanol–water partition coefficient (Wildman–Crippen LogP) is 1.00. The molecule has 0 aliphatic carbocycles. The number of piperidine rings is 1. The number of nitriles is 1. The summed E-state index contributed by atoms with van der Waals surface area (Å²) in [5.74, 6) is -0.941. The number of rotatable bonds is 3. The second kappa shape index (κ2) is 4.97. The lowest BCUT2D eigenvalue weighted by molar-refractivity contribution is -0.137. The maximum atomic E-state index is 11.2. The number of carbonyl (C=O) groups excluding carboxylic acids is 1. The molecule has 0 saturated carbocycles. The Balaban J connectivity index is 2.68. The van der Waals surface area contributed by atoms with E-state index in [-0.39, 0.29) is 12.3 Å². The zero-order valence-electron chi connectivity index (χ0n) is 9.40. The minimum atomic E-state index is -0.894. The Morgan fingerprint density at radius 1 is 1.56 bits per heavy atom. The van der Waals surface area contributed by atoms with Gasteiger partial charge in [-0.3, -0.25) is 9.59 Å². The molecule has 88 valence electrons. The third-order valence-electron chi connectivity index (χ3n) is 3.08. The summed E-state index contributed by atoms with van der Waals surface area (Å²) in [5.41, 5.74) is -0.664. The van der Waals surface area contributed by atoms with E-state index in [9.17, 15) is 14.9 Å². The molecule has 1 N–H and O–H groups in total. The van der Waals surface area contributed by atoms with Gasteiger partial charge in [-0.1, -0.05) is 0 Å². The Labute approximate surface area is 94.7 Å². The number of hydrogen-bond donors (Lipinski definition) is 1. The topological polar surface area (TPSA) is 81.4 Å². The highest BCUT2D eigenvalue weighted by atomic mass is 16.4. The van der Waals surface area contributed by atoms with Gasteiger partial charge in [0, 0.05) is 26.4 Å². The molecule has 1 rings (SSSR count). The van der Waals surface area contributed by atoms with Gasteiger partial charge in [0.05, 0.1) is 11.5 Å². The fourth-order valence-electron chi connectivity index (χ4n) is 2.10. The van der Waals surface area contributed by atoms with Crippen molar-refractivity contribution in [3.8, 4) is 6.07 Å². The van der Waals surface area contributed by atoms with Gasteiger partial charge in [0.1, 0.15) is 0 Å². The van der Waals surface area contributed by atoms with Crippen molar-refractivity contribution in [2.24, 2.45) is 5.41 Å². The molecule has 16 heavy (non-hydrogen) atoms. The second-order valence-corrected chi connectivity index (χ2v) is 4.33. The highest BCUT2D eigenvalue weighted by Gasteiger charge is 2.36. The molecule has 0 aromatic carbocycles. The van der Waals surface area contributed by atoms with Crippen LogP contribution in [0.1, 0.15) is 32.6 Å². The Bertz CT molecular complexity index is 335. The third kappa shape index (κ3) is 2.96.